The molecular weight excluding hydrogens is 238 g/mol. The lowest BCUT2D eigenvalue weighted by atomic mass is 10.1. The van der Waals surface area contributed by atoms with Crippen molar-refractivity contribution in [3.63, 3.8) is 0 Å². The zero-order valence-electron chi connectivity index (χ0n) is 9.98. The number of furan rings is 1. The number of nitrogens with zero attached hydrogens (tertiary/aromatic N) is 2. The second-order valence-corrected chi connectivity index (χ2v) is 4.19. The van der Waals surface area contributed by atoms with Crippen molar-refractivity contribution in [2.24, 2.45) is 0 Å². The van der Waals surface area contributed by atoms with Gasteiger partial charge in [0.05, 0.1) is 12.3 Å². The molecule has 0 saturated carbocycles. The van der Waals surface area contributed by atoms with Gasteiger partial charge >= 0.3 is 0 Å². The van der Waals surface area contributed by atoms with Crippen LogP contribution in [0.4, 0.5) is 0 Å². The van der Waals surface area contributed by atoms with E-state index in [1.165, 1.54) is 0 Å². The van der Waals surface area contributed by atoms with Crippen LogP contribution in [0.2, 0.25) is 5.22 Å². The number of nitrogens with one attached hydrogen (secondary N) is 1. The summed E-state index contributed by atoms with van der Waals surface area (Å²) in [6, 6.07) is 1.83. The molecule has 5 heteroatoms. The van der Waals surface area contributed by atoms with Gasteiger partial charge in [0, 0.05) is 24.5 Å². The Hall–Kier alpha value is -1.26. The van der Waals surface area contributed by atoms with E-state index in [-0.39, 0.29) is 6.04 Å². The van der Waals surface area contributed by atoms with Crippen LogP contribution in [0.3, 0.4) is 0 Å². The number of hydrogen-bond acceptors (Lipinski definition) is 3. The molecule has 4 nitrogen and oxygen atoms in total. The number of imidazole rings is 1. The Morgan fingerprint density at radius 1 is 1.59 bits per heavy atom. The molecule has 0 spiro atoms. The van der Waals surface area contributed by atoms with Crippen LogP contribution in [0.15, 0.2) is 29.1 Å². The van der Waals surface area contributed by atoms with Crippen LogP contribution >= 0.6 is 11.6 Å². The van der Waals surface area contributed by atoms with Gasteiger partial charge in [-0.05, 0) is 31.1 Å². The molecule has 2 aromatic rings. The van der Waals surface area contributed by atoms with E-state index in [4.69, 9.17) is 16.0 Å². The molecule has 0 aromatic carbocycles. The third-order valence-electron chi connectivity index (χ3n) is 2.72. The predicted octanol–water partition coefficient (Wildman–Crippen LogP) is 2.85. The Morgan fingerprint density at radius 2 is 2.41 bits per heavy atom. The van der Waals surface area contributed by atoms with Crippen LogP contribution in [0.25, 0.3) is 0 Å². The molecule has 0 saturated heterocycles. The number of hydrogen-bond donors (Lipinski definition) is 1. The minimum Gasteiger partial charge on any atom is -0.453 e. The van der Waals surface area contributed by atoms with E-state index in [0.29, 0.717) is 5.22 Å². The first-order valence-electron chi connectivity index (χ1n) is 5.69. The van der Waals surface area contributed by atoms with E-state index in [1.807, 2.05) is 25.5 Å². The predicted molar refractivity (Wildman–Crippen MR) is 67.1 cm³/mol. The van der Waals surface area contributed by atoms with E-state index < -0.39 is 0 Å². The maximum atomic E-state index is 6.02. The van der Waals surface area contributed by atoms with Crippen LogP contribution in [-0.2, 0) is 6.54 Å². The van der Waals surface area contributed by atoms with Crippen LogP contribution in [0, 0.1) is 0 Å². The standard InChI is InChI=1S/C12H16ClN3O/c1-3-6-16-7-5-15-12(16)10(14-2)9-4-8-17-11(9)13/h4-5,7-8,10,14H,3,6H2,1-2H3. The topological polar surface area (TPSA) is 43.0 Å². The normalized spacial score (nSPS) is 12.9. The number of aromatic nitrogens is 2. The SMILES string of the molecule is CCCn1ccnc1C(NC)c1ccoc1Cl. The zero-order valence-corrected chi connectivity index (χ0v) is 10.7. The highest BCUT2D eigenvalue weighted by Gasteiger charge is 2.21. The summed E-state index contributed by atoms with van der Waals surface area (Å²) in [6.45, 7) is 3.09. The fraction of sp³-hybridized carbons (Fsp3) is 0.417. The fourth-order valence-corrected chi connectivity index (χ4v) is 2.17. The monoisotopic (exact) mass is 253 g/mol. The molecule has 1 unspecified atom stereocenters. The fourth-order valence-electron chi connectivity index (χ4n) is 1.95. The molecule has 92 valence electrons. The third-order valence-corrected chi connectivity index (χ3v) is 3.02. The van der Waals surface area contributed by atoms with Gasteiger partial charge in [-0.25, -0.2) is 4.98 Å². The summed E-state index contributed by atoms with van der Waals surface area (Å²) in [7, 11) is 1.89. The second kappa shape index (κ2) is 5.38. The number of aryl methyl sites for hydroxylation is 1. The van der Waals surface area contributed by atoms with Gasteiger partial charge in [-0.1, -0.05) is 6.92 Å². The molecule has 0 radical (unpaired) electrons. The first-order chi connectivity index (χ1) is 8.27. The first-order valence-corrected chi connectivity index (χ1v) is 6.07. The zero-order chi connectivity index (χ0) is 12.3. The van der Waals surface area contributed by atoms with E-state index >= 15 is 0 Å². The van der Waals surface area contributed by atoms with Gasteiger partial charge < -0.3 is 14.3 Å². The van der Waals surface area contributed by atoms with Crippen molar-refractivity contribution in [3.05, 3.63) is 41.3 Å². The van der Waals surface area contributed by atoms with Crippen LogP contribution in [-0.4, -0.2) is 16.6 Å². The van der Waals surface area contributed by atoms with Crippen molar-refractivity contribution in [3.8, 4) is 0 Å². The largest absolute Gasteiger partial charge is 0.453 e. The van der Waals surface area contributed by atoms with Gasteiger partial charge in [-0.3, -0.25) is 0 Å². The molecule has 0 aliphatic heterocycles. The first kappa shape index (κ1) is 12.2. The van der Waals surface area contributed by atoms with Gasteiger partial charge in [0.25, 0.3) is 0 Å². The lowest BCUT2D eigenvalue weighted by molar-refractivity contribution is 0.542. The van der Waals surface area contributed by atoms with Gasteiger partial charge in [-0.2, -0.15) is 0 Å². The highest BCUT2D eigenvalue weighted by Crippen LogP contribution is 2.28. The maximum Gasteiger partial charge on any atom is 0.198 e. The molecule has 2 heterocycles. The van der Waals surface area contributed by atoms with Gasteiger partial charge in [0.2, 0.25) is 0 Å². The molecule has 17 heavy (non-hydrogen) atoms. The molecule has 1 atom stereocenters. The molecule has 1 N–H and O–H groups in total. The quantitative estimate of drug-likeness (QED) is 0.891. The van der Waals surface area contributed by atoms with Crippen molar-refractivity contribution < 1.29 is 4.42 Å². The number of rotatable bonds is 5. The molecule has 2 rings (SSSR count). The smallest absolute Gasteiger partial charge is 0.198 e. The van der Waals surface area contributed by atoms with E-state index in [2.05, 4.69) is 21.8 Å². The van der Waals surface area contributed by atoms with Crippen molar-refractivity contribution in [2.75, 3.05) is 7.05 Å². The summed E-state index contributed by atoms with van der Waals surface area (Å²) in [4.78, 5) is 4.40. The lowest BCUT2D eigenvalue weighted by Crippen LogP contribution is -2.21. The molecule has 0 aliphatic carbocycles. The van der Waals surface area contributed by atoms with Gasteiger partial charge in [0.1, 0.15) is 5.82 Å². The van der Waals surface area contributed by atoms with E-state index in [9.17, 15) is 0 Å². The van der Waals surface area contributed by atoms with Gasteiger partial charge in [0.15, 0.2) is 5.22 Å². The highest BCUT2D eigenvalue weighted by molar-refractivity contribution is 6.29. The Balaban J connectivity index is 2.35. The molecule has 0 fully saturated rings. The van der Waals surface area contributed by atoms with Gasteiger partial charge in [-0.15, -0.1) is 0 Å². The molecule has 2 aromatic heterocycles. The Bertz CT molecular complexity index is 478. The van der Waals surface area contributed by atoms with Crippen LogP contribution in [0.5, 0.6) is 0 Å². The third kappa shape index (κ3) is 2.37. The summed E-state index contributed by atoms with van der Waals surface area (Å²) < 4.78 is 7.26. The molecule has 0 bridgehead atoms. The van der Waals surface area contributed by atoms with Crippen LogP contribution < -0.4 is 5.32 Å². The van der Waals surface area contributed by atoms with Crippen molar-refractivity contribution in [1.29, 1.82) is 0 Å². The van der Waals surface area contributed by atoms with Crippen molar-refractivity contribution in [1.82, 2.24) is 14.9 Å². The lowest BCUT2D eigenvalue weighted by Gasteiger charge is -2.16. The molecular formula is C12H16ClN3O. The van der Waals surface area contributed by atoms with Crippen LogP contribution in [0.1, 0.15) is 30.8 Å². The Morgan fingerprint density at radius 3 is 3.00 bits per heavy atom. The maximum absolute atomic E-state index is 6.02. The summed E-state index contributed by atoms with van der Waals surface area (Å²) >= 11 is 6.02. The van der Waals surface area contributed by atoms with Crippen molar-refractivity contribution >= 4 is 11.6 Å². The molecule has 0 aliphatic rings. The summed E-state index contributed by atoms with van der Waals surface area (Å²) in [6.07, 6.45) is 6.45. The minimum absolute atomic E-state index is 0.0391. The summed E-state index contributed by atoms with van der Waals surface area (Å²) in [5.41, 5.74) is 0.915. The average molecular weight is 254 g/mol. The summed E-state index contributed by atoms with van der Waals surface area (Å²) in [5.74, 6) is 0.956. The Kier molecular flexibility index (Phi) is 3.86. The highest BCUT2D eigenvalue weighted by atomic mass is 35.5. The second-order valence-electron chi connectivity index (χ2n) is 3.85. The average Bonchev–Trinajstić information content (AvgIpc) is 2.92. The molecule has 0 amide bonds. The number of halogens is 1. The minimum atomic E-state index is -0.0391. The summed E-state index contributed by atoms with van der Waals surface area (Å²) in [5, 5.41) is 3.63. The Labute approximate surface area is 106 Å². The van der Waals surface area contributed by atoms with E-state index in [1.54, 1.807) is 6.26 Å². The van der Waals surface area contributed by atoms with Crippen molar-refractivity contribution in [2.45, 2.75) is 25.9 Å². The van der Waals surface area contributed by atoms with E-state index in [0.717, 1.165) is 24.4 Å².